The van der Waals surface area contributed by atoms with Gasteiger partial charge >= 0.3 is 0 Å². The predicted octanol–water partition coefficient (Wildman–Crippen LogP) is 2.77. The first kappa shape index (κ1) is 14.4. The summed E-state index contributed by atoms with van der Waals surface area (Å²) in [6, 6.07) is 12.9. The Labute approximate surface area is 138 Å². The second-order valence-corrected chi connectivity index (χ2v) is 5.95. The molecule has 1 aromatic heterocycles. The minimum atomic E-state index is -0.113. The lowest BCUT2D eigenvalue weighted by atomic mass is 10.00. The smallest absolute Gasteiger partial charge is 0.271 e. The number of nitrogens with one attached hydrogen (secondary N) is 4. The largest absolute Gasteiger partial charge is 0.508 e. The van der Waals surface area contributed by atoms with Crippen molar-refractivity contribution in [2.45, 2.75) is 19.4 Å². The van der Waals surface area contributed by atoms with E-state index in [0.29, 0.717) is 11.9 Å². The molecule has 3 aromatic rings. The van der Waals surface area contributed by atoms with Crippen molar-refractivity contribution < 1.29 is 5.11 Å². The number of hydrogen-bond acceptors (Lipinski definition) is 4. The van der Waals surface area contributed by atoms with Crippen LogP contribution in [-0.2, 0) is 6.54 Å². The summed E-state index contributed by atoms with van der Waals surface area (Å²) in [4.78, 5) is 11.7. The molecule has 24 heavy (non-hydrogen) atoms. The zero-order valence-electron chi connectivity index (χ0n) is 13.0. The fourth-order valence-electron chi connectivity index (χ4n) is 2.87. The molecule has 0 saturated carbocycles. The Bertz CT molecular complexity index is 984. The van der Waals surface area contributed by atoms with Crippen molar-refractivity contribution in [1.82, 2.24) is 15.5 Å². The van der Waals surface area contributed by atoms with Crippen molar-refractivity contribution in [3.05, 3.63) is 69.8 Å². The van der Waals surface area contributed by atoms with Gasteiger partial charge in [-0.2, -0.15) is 0 Å². The van der Waals surface area contributed by atoms with E-state index in [1.807, 2.05) is 30.3 Å². The summed E-state index contributed by atoms with van der Waals surface area (Å²) in [6.07, 6.45) is 1.97. The van der Waals surface area contributed by atoms with Gasteiger partial charge in [-0.05, 0) is 48.7 Å². The number of rotatable bonds is 5. The molecule has 0 fully saturated rings. The van der Waals surface area contributed by atoms with E-state index in [0.717, 1.165) is 35.3 Å². The van der Waals surface area contributed by atoms with E-state index in [9.17, 15) is 9.90 Å². The van der Waals surface area contributed by atoms with Gasteiger partial charge in [0.05, 0.1) is 10.9 Å². The molecule has 1 aliphatic carbocycles. The highest BCUT2D eigenvalue weighted by Gasteiger charge is 2.17. The average molecular weight is 322 g/mol. The van der Waals surface area contributed by atoms with Crippen LogP contribution in [0.1, 0.15) is 18.4 Å². The number of aromatic hydroxyl groups is 1. The monoisotopic (exact) mass is 322 g/mol. The van der Waals surface area contributed by atoms with Crippen LogP contribution in [0.5, 0.6) is 5.75 Å². The van der Waals surface area contributed by atoms with E-state index < -0.39 is 0 Å². The normalized spacial score (nSPS) is 13.8. The van der Waals surface area contributed by atoms with Crippen LogP contribution in [0.3, 0.4) is 0 Å². The van der Waals surface area contributed by atoms with Crippen LogP contribution in [0.15, 0.2) is 58.7 Å². The van der Waals surface area contributed by atoms with Crippen LogP contribution in [0.4, 0.5) is 5.69 Å². The summed E-state index contributed by atoms with van der Waals surface area (Å²) in [5.41, 5.74) is 4.93. The Morgan fingerprint density at radius 1 is 1.04 bits per heavy atom. The first-order valence-corrected chi connectivity index (χ1v) is 7.90. The number of phenols is 1. The fourth-order valence-corrected chi connectivity index (χ4v) is 2.87. The second-order valence-electron chi connectivity index (χ2n) is 5.95. The van der Waals surface area contributed by atoms with Gasteiger partial charge in [-0.25, -0.2) is 0 Å². The number of allylic oxidation sites excluding steroid dienone is 2. The SMILES string of the molecule is O=c1[nH][nH]c2ccc(NC3=C(NCc4cccc(O)c4)CC3)cc12. The Hall–Kier alpha value is -3.15. The van der Waals surface area contributed by atoms with Crippen molar-refractivity contribution >= 4 is 16.6 Å². The predicted molar refractivity (Wildman–Crippen MR) is 93.7 cm³/mol. The van der Waals surface area contributed by atoms with Gasteiger partial charge in [-0.3, -0.25) is 15.0 Å². The van der Waals surface area contributed by atoms with Gasteiger partial charge in [0.1, 0.15) is 5.75 Å². The van der Waals surface area contributed by atoms with Crippen LogP contribution in [0.25, 0.3) is 10.9 Å². The third kappa shape index (κ3) is 2.74. The minimum absolute atomic E-state index is 0.113. The van der Waals surface area contributed by atoms with Crippen LogP contribution >= 0.6 is 0 Å². The quantitative estimate of drug-likeness (QED) is 0.499. The van der Waals surface area contributed by atoms with Crippen LogP contribution in [0, 0.1) is 0 Å². The molecule has 0 bridgehead atoms. The molecule has 122 valence electrons. The molecule has 0 unspecified atom stereocenters. The zero-order valence-corrected chi connectivity index (χ0v) is 13.0. The molecule has 0 amide bonds. The number of benzene rings is 2. The van der Waals surface area contributed by atoms with Gasteiger partial charge in [0.25, 0.3) is 5.56 Å². The van der Waals surface area contributed by atoms with Gasteiger partial charge in [-0.15, -0.1) is 0 Å². The number of aromatic amines is 2. The highest BCUT2D eigenvalue weighted by atomic mass is 16.3. The van der Waals surface area contributed by atoms with E-state index in [1.165, 1.54) is 5.70 Å². The van der Waals surface area contributed by atoms with Gasteiger partial charge in [0.2, 0.25) is 0 Å². The maximum atomic E-state index is 11.7. The standard InChI is InChI=1S/C18H18N4O2/c23-13-3-1-2-11(8-13)10-19-16-6-7-17(16)20-12-4-5-15-14(9-12)18(24)22-21-15/h1-5,8-9,19-20,23H,6-7,10H2,(H2,21,22,24). The van der Waals surface area contributed by atoms with Gasteiger partial charge in [0.15, 0.2) is 0 Å². The molecule has 0 atom stereocenters. The summed E-state index contributed by atoms with van der Waals surface area (Å²) in [7, 11) is 0. The molecule has 4 rings (SSSR count). The van der Waals surface area contributed by atoms with Crippen molar-refractivity contribution in [3.8, 4) is 5.75 Å². The summed E-state index contributed by atoms with van der Waals surface area (Å²) in [5, 5.41) is 22.4. The molecule has 5 N–H and O–H groups in total. The highest BCUT2D eigenvalue weighted by Crippen LogP contribution is 2.28. The van der Waals surface area contributed by atoms with E-state index in [2.05, 4.69) is 20.8 Å². The highest BCUT2D eigenvalue weighted by molar-refractivity contribution is 5.82. The molecular formula is C18H18N4O2. The van der Waals surface area contributed by atoms with Crippen LogP contribution in [0.2, 0.25) is 0 Å². The Morgan fingerprint density at radius 3 is 2.71 bits per heavy atom. The van der Waals surface area contributed by atoms with Crippen molar-refractivity contribution in [2.75, 3.05) is 5.32 Å². The van der Waals surface area contributed by atoms with E-state index >= 15 is 0 Å². The lowest BCUT2D eigenvalue weighted by molar-refractivity contribution is 0.474. The lowest BCUT2D eigenvalue weighted by Crippen LogP contribution is -2.24. The lowest BCUT2D eigenvalue weighted by Gasteiger charge is -2.26. The topological polar surface area (TPSA) is 92.9 Å². The van der Waals surface area contributed by atoms with Crippen molar-refractivity contribution in [2.24, 2.45) is 0 Å². The third-order valence-electron chi connectivity index (χ3n) is 4.28. The summed E-state index contributed by atoms with van der Waals surface area (Å²) in [5.74, 6) is 0.278. The molecule has 6 nitrogen and oxygen atoms in total. The van der Waals surface area contributed by atoms with Crippen LogP contribution < -0.4 is 16.2 Å². The van der Waals surface area contributed by atoms with E-state index in [4.69, 9.17) is 0 Å². The van der Waals surface area contributed by atoms with Gasteiger partial charge < -0.3 is 15.7 Å². The average Bonchev–Trinajstić information content (AvgIpc) is 2.93. The first-order valence-electron chi connectivity index (χ1n) is 7.90. The van der Waals surface area contributed by atoms with Crippen LogP contribution in [-0.4, -0.2) is 15.3 Å². The first-order chi connectivity index (χ1) is 11.7. The molecule has 0 saturated heterocycles. The fraction of sp³-hybridized carbons (Fsp3) is 0.167. The molecule has 1 heterocycles. The molecule has 0 radical (unpaired) electrons. The Balaban J connectivity index is 1.48. The maximum Gasteiger partial charge on any atom is 0.271 e. The summed E-state index contributed by atoms with van der Waals surface area (Å²) in [6.45, 7) is 0.672. The number of phenolic OH excluding ortho intramolecular Hbond substituents is 1. The Morgan fingerprint density at radius 2 is 1.92 bits per heavy atom. The minimum Gasteiger partial charge on any atom is -0.508 e. The molecular weight excluding hydrogens is 304 g/mol. The third-order valence-corrected chi connectivity index (χ3v) is 4.28. The molecule has 6 heteroatoms. The molecule has 2 aromatic carbocycles. The Kier molecular flexibility index (Phi) is 3.49. The second kappa shape index (κ2) is 5.81. The number of anilines is 1. The van der Waals surface area contributed by atoms with Crippen molar-refractivity contribution in [3.63, 3.8) is 0 Å². The zero-order chi connectivity index (χ0) is 16.5. The van der Waals surface area contributed by atoms with Crippen molar-refractivity contribution in [1.29, 1.82) is 0 Å². The van der Waals surface area contributed by atoms with E-state index in [-0.39, 0.29) is 11.3 Å². The number of hydrogen-bond donors (Lipinski definition) is 5. The van der Waals surface area contributed by atoms with Gasteiger partial charge in [-0.1, -0.05) is 12.1 Å². The molecule has 1 aliphatic rings. The summed E-state index contributed by atoms with van der Waals surface area (Å²) < 4.78 is 0. The summed E-state index contributed by atoms with van der Waals surface area (Å²) >= 11 is 0. The molecule has 0 spiro atoms. The number of fused-ring (bicyclic) bond motifs is 1. The number of H-pyrrole nitrogens is 2. The number of aromatic nitrogens is 2. The molecule has 0 aliphatic heterocycles. The van der Waals surface area contributed by atoms with Gasteiger partial charge in [0, 0.05) is 23.6 Å². The van der Waals surface area contributed by atoms with E-state index in [1.54, 1.807) is 12.1 Å². The maximum absolute atomic E-state index is 11.7.